The molecule has 1 N–H and O–H groups in total. The summed E-state index contributed by atoms with van der Waals surface area (Å²) in [6.45, 7) is 0. The van der Waals surface area contributed by atoms with Crippen LogP contribution in [0.15, 0.2) is 24.4 Å². The van der Waals surface area contributed by atoms with Crippen molar-refractivity contribution in [3.63, 3.8) is 0 Å². The standard InChI is InChI=1S/C14H14F3N/c15-14(16,17)11-4-5-13-12(7-11)10(8-18-13)6-9-2-1-3-9/h4-5,7-9,18H,1-3,6H2. The van der Waals surface area contributed by atoms with Crippen molar-refractivity contribution in [2.45, 2.75) is 31.9 Å². The van der Waals surface area contributed by atoms with Gasteiger partial charge in [0, 0.05) is 17.1 Å². The molecule has 3 rings (SSSR count). The van der Waals surface area contributed by atoms with Gasteiger partial charge < -0.3 is 4.98 Å². The van der Waals surface area contributed by atoms with E-state index in [1.807, 2.05) is 6.20 Å². The molecule has 0 atom stereocenters. The highest BCUT2D eigenvalue weighted by Crippen LogP contribution is 2.35. The maximum atomic E-state index is 12.7. The number of rotatable bonds is 2. The molecule has 1 aliphatic carbocycles. The van der Waals surface area contributed by atoms with Crippen LogP contribution in [0, 0.1) is 5.92 Å². The minimum Gasteiger partial charge on any atom is -0.361 e. The summed E-state index contributed by atoms with van der Waals surface area (Å²) >= 11 is 0. The summed E-state index contributed by atoms with van der Waals surface area (Å²) in [5.41, 5.74) is 1.24. The van der Waals surface area contributed by atoms with E-state index in [2.05, 4.69) is 4.98 Å². The van der Waals surface area contributed by atoms with Gasteiger partial charge in [-0.15, -0.1) is 0 Å². The predicted molar refractivity (Wildman–Crippen MR) is 64.3 cm³/mol. The number of hydrogen-bond acceptors (Lipinski definition) is 0. The van der Waals surface area contributed by atoms with Crippen molar-refractivity contribution in [1.29, 1.82) is 0 Å². The van der Waals surface area contributed by atoms with Crippen LogP contribution in [0.1, 0.15) is 30.4 Å². The summed E-state index contributed by atoms with van der Waals surface area (Å²) in [5.74, 6) is 0.651. The van der Waals surface area contributed by atoms with Gasteiger partial charge in [0.15, 0.2) is 0 Å². The first-order valence-electron chi connectivity index (χ1n) is 6.21. The number of aromatic amines is 1. The molecular formula is C14H14F3N. The van der Waals surface area contributed by atoms with E-state index in [1.165, 1.54) is 31.4 Å². The highest BCUT2D eigenvalue weighted by molar-refractivity contribution is 5.84. The molecule has 1 aliphatic rings. The lowest BCUT2D eigenvalue weighted by atomic mass is 9.81. The number of fused-ring (bicyclic) bond motifs is 1. The first-order chi connectivity index (χ1) is 8.54. The van der Waals surface area contributed by atoms with Gasteiger partial charge in [0.2, 0.25) is 0 Å². The van der Waals surface area contributed by atoms with Crippen LogP contribution in [0.4, 0.5) is 13.2 Å². The molecule has 2 aromatic rings. The van der Waals surface area contributed by atoms with Crippen molar-refractivity contribution in [3.05, 3.63) is 35.5 Å². The van der Waals surface area contributed by atoms with E-state index < -0.39 is 11.7 Å². The molecule has 0 aliphatic heterocycles. The molecule has 96 valence electrons. The van der Waals surface area contributed by atoms with Gasteiger partial charge in [-0.25, -0.2) is 0 Å². The van der Waals surface area contributed by atoms with Crippen molar-refractivity contribution in [2.75, 3.05) is 0 Å². The molecule has 0 spiro atoms. The topological polar surface area (TPSA) is 15.8 Å². The van der Waals surface area contributed by atoms with E-state index in [0.29, 0.717) is 5.92 Å². The van der Waals surface area contributed by atoms with Crippen LogP contribution in [-0.2, 0) is 12.6 Å². The number of nitrogens with one attached hydrogen (secondary N) is 1. The van der Waals surface area contributed by atoms with Crippen LogP contribution in [0.3, 0.4) is 0 Å². The Balaban J connectivity index is 1.99. The van der Waals surface area contributed by atoms with Gasteiger partial charge in [0.1, 0.15) is 0 Å². The Morgan fingerprint density at radius 3 is 2.61 bits per heavy atom. The van der Waals surface area contributed by atoms with Gasteiger partial charge in [-0.2, -0.15) is 13.2 Å². The van der Waals surface area contributed by atoms with E-state index in [-0.39, 0.29) is 0 Å². The van der Waals surface area contributed by atoms with Crippen molar-refractivity contribution >= 4 is 10.9 Å². The third kappa shape index (κ3) is 2.00. The summed E-state index contributed by atoms with van der Waals surface area (Å²) < 4.78 is 38.1. The highest BCUT2D eigenvalue weighted by Gasteiger charge is 2.31. The summed E-state index contributed by atoms with van der Waals surface area (Å²) in [5, 5.41) is 0.719. The minimum atomic E-state index is -4.26. The van der Waals surface area contributed by atoms with Crippen molar-refractivity contribution in [3.8, 4) is 0 Å². The molecule has 0 saturated heterocycles. The fraction of sp³-hybridized carbons (Fsp3) is 0.429. The average Bonchev–Trinajstić information content (AvgIpc) is 2.64. The van der Waals surface area contributed by atoms with Gasteiger partial charge in [0.25, 0.3) is 0 Å². The zero-order valence-electron chi connectivity index (χ0n) is 9.85. The number of alkyl halides is 3. The molecular weight excluding hydrogens is 239 g/mol. The molecule has 1 aromatic heterocycles. The summed E-state index contributed by atoms with van der Waals surface area (Å²) in [6, 6.07) is 3.91. The Kier molecular flexibility index (Phi) is 2.61. The molecule has 1 fully saturated rings. The second kappa shape index (κ2) is 4.04. The van der Waals surface area contributed by atoms with Crippen LogP contribution in [0.25, 0.3) is 10.9 Å². The smallest absolute Gasteiger partial charge is 0.361 e. The first-order valence-corrected chi connectivity index (χ1v) is 6.21. The van der Waals surface area contributed by atoms with E-state index in [9.17, 15) is 13.2 Å². The Morgan fingerprint density at radius 1 is 1.22 bits per heavy atom. The zero-order valence-corrected chi connectivity index (χ0v) is 9.85. The molecule has 0 unspecified atom stereocenters. The summed E-state index contributed by atoms with van der Waals surface area (Å²) in [6.07, 6.45) is 2.13. The van der Waals surface area contributed by atoms with Gasteiger partial charge >= 0.3 is 6.18 Å². The zero-order chi connectivity index (χ0) is 12.8. The maximum absolute atomic E-state index is 12.7. The Morgan fingerprint density at radius 2 is 2.00 bits per heavy atom. The fourth-order valence-corrected chi connectivity index (χ4v) is 2.53. The Bertz CT molecular complexity index is 564. The Hall–Kier alpha value is -1.45. The largest absolute Gasteiger partial charge is 0.416 e. The molecule has 1 saturated carbocycles. The summed E-state index contributed by atoms with van der Waals surface area (Å²) in [7, 11) is 0. The Labute approximate surface area is 103 Å². The fourth-order valence-electron chi connectivity index (χ4n) is 2.53. The summed E-state index contributed by atoms with van der Waals surface area (Å²) in [4.78, 5) is 3.05. The van der Waals surface area contributed by atoms with Gasteiger partial charge in [0.05, 0.1) is 5.56 Å². The van der Waals surface area contributed by atoms with Crippen LogP contribution in [0.2, 0.25) is 0 Å². The van der Waals surface area contributed by atoms with Crippen LogP contribution < -0.4 is 0 Å². The van der Waals surface area contributed by atoms with Gasteiger partial charge in [-0.3, -0.25) is 0 Å². The van der Waals surface area contributed by atoms with Gasteiger partial charge in [-0.05, 0) is 36.1 Å². The minimum absolute atomic E-state index is 0.565. The number of hydrogen-bond donors (Lipinski definition) is 1. The van der Waals surface area contributed by atoms with Crippen molar-refractivity contribution in [1.82, 2.24) is 4.98 Å². The third-order valence-corrected chi connectivity index (χ3v) is 3.83. The average molecular weight is 253 g/mol. The van der Waals surface area contributed by atoms with E-state index in [1.54, 1.807) is 0 Å². The third-order valence-electron chi connectivity index (χ3n) is 3.83. The lowest BCUT2D eigenvalue weighted by Crippen LogP contribution is -2.13. The predicted octanol–water partition coefficient (Wildman–Crippen LogP) is 4.53. The molecule has 0 amide bonds. The molecule has 4 heteroatoms. The van der Waals surface area contributed by atoms with E-state index in [0.717, 1.165) is 29.0 Å². The quantitative estimate of drug-likeness (QED) is 0.809. The SMILES string of the molecule is FC(F)(F)c1ccc2[nH]cc(CC3CCC3)c2c1. The maximum Gasteiger partial charge on any atom is 0.416 e. The number of halogens is 3. The molecule has 1 aromatic carbocycles. The van der Waals surface area contributed by atoms with Gasteiger partial charge in [-0.1, -0.05) is 19.3 Å². The normalized spacial score (nSPS) is 17.1. The molecule has 0 bridgehead atoms. The number of aromatic nitrogens is 1. The number of benzene rings is 1. The van der Waals surface area contributed by atoms with Crippen LogP contribution in [0.5, 0.6) is 0 Å². The second-order valence-electron chi connectivity index (χ2n) is 5.07. The molecule has 1 nitrogen and oxygen atoms in total. The monoisotopic (exact) mass is 253 g/mol. The van der Waals surface area contributed by atoms with Crippen molar-refractivity contribution < 1.29 is 13.2 Å². The van der Waals surface area contributed by atoms with E-state index >= 15 is 0 Å². The molecule has 1 heterocycles. The van der Waals surface area contributed by atoms with Crippen LogP contribution in [-0.4, -0.2) is 4.98 Å². The number of H-pyrrole nitrogens is 1. The second-order valence-corrected chi connectivity index (χ2v) is 5.07. The van der Waals surface area contributed by atoms with E-state index in [4.69, 9.17) is 0 Å². The lowest BCUT2D eigenvalue weighted by molar-refractivity contribution is -0.137. The lowest BCUT2D eigenvalue weighted by Gasteiger charge is -2.24. The van der Waals surface area contributed by atoms with Crippen molar-refractivity contribution in [2.24, 2.45) is 5.92 Å². The first kappa shape index (κ1) is 11.6. The molecule has 0 radical (unpaired) electrons. The molecule has 18 heavy (non-hydrogen) atoms. The highest BCUT2D eigenvalue weighted by atomic mass is 19.4. The van der Waals surface area contributed by atoms with Crippen LogP contribution >= 0.6 is 0 Å².